The lowest BCUT2D eigenvalue weighted by Crippen LogP contribution is -1.99. The number of pyridine rings is 2. The Labute approximate surface area is 191 Å². The van der Waals surface area contributed by atoms with Crippen molar-refractivity contribution < 1.29 is 18.9 Å². The molecule has 0 aliphatic carbocycles. The first-order valence-electron chi connectivity index (χ1n) is 10.2. The third-order valence-corrected chi connectivity index (χ3v) is 4.98. The fourth-order valence-corrected chi connectivity index (χ4v) is 3.39. The number of ether oxygens (including phenoxy) is 4. The number of anilines is 2. The summed E-state index contributed by atoms with van der Waals surface area (Å²) in [4.78, 5) is 9.06. The summed E-state index contributed by atoms with van der Waals surface area (Å²) in [5, 5.41) is 10.3. The van der Waals surface area contributed by atoms with Crippen molar-refractivity contribution in [3.8, 4) is 40.0 Å². The van der Waals surface area contributed by atoms with Crippen LogP contribution in [0.15, 0.2) is 48.8 Å². The Morgan fingerprint density at radius 3 is 2.27 bits per heavy atom. The third-order valence-electron chi connectivity index (χ3n) is 4.98. The molecule has 0 saturated carbocycles. The number of rotatable bonds is 8. The topological polar surface area (TPSA) is 103 Å². The van der Waals surface area contributed by atoms with Gasteiger partial charge in [0.25, 0.3) is 0 Å². The van der Waals surface area contributed by atoms with E-state index in [1.54, 1.807) is 51.8 Å². The van der Waals surface area contributed by atoms with Gasteiger partial charge in [-0.25, -0.2) is 9.97 Å². The Balaban J connectivity index is 1.62. The lowest BCUT2D eigenvalue weighted by atomic mass is 10.1. The summed E-state index contributed by atoms with van der Waals surface area (Å²) in [6.07, 6.45) is 3.48. The fourth-order valence-electron chi connectivity index (χ4n) is 3.39. The number of methoxy groups -OCH3 is 3. The van der Waals surface area contributed by atoms with Gasteiger partial charge in [-0.05, 0) is 32.0 Å². The van der Waals surface area contributed by atoms with Crippen LogP contribution in [-0.4, -0.2) is 41.5 Å². The highest BCUT2D eigenvalue weighted by Crippen LogP contribution is 2.41. The molecule has 0 fully saturated rings. The van der Waals surface area contributed by atoms with Crippen LogP contribution in [0.2, 0.25) is 0 Å². The van der Waals surface area contributed by atoms with E-state index in [0.717, 1.165) is 28.3 Å². The van der Waals surface area contributed by atoms with Crippen molar-refractivity contribution in [1.29, 1.82) is 0 Å². The van der Waals surface area contributed by atoms with Gasteiger partial charge in [0.1, 0.15) is 17.3 Å². The first kappa shape index (κ1) is 21.9. The minimum absolute atomic E-state index is 0.518. The molecule has 9 nitrogen and oxygen atoms in total. The van der Waals surface area contributed by atoms with Gasteiger partial charge in [0.2, 0.25) is 5.75 Å². The first-order valence-corrected chi connectivity index (χ1v) is 10.2. The molecule has 3 aromatic heterocycles. The Morgan fingerprint density at radius 2 is 1.64 bits per heavy atom. The molecule has 9 heteroatoms. The molecule has 0 unspecified atom stereocenters. The van der Waals surface area contributed by atoms with E-state index >= 15 is 0 Å². The summed E-state index contributed by atoms with van der Waals surface area (Å²) in [6, 6.07) is 11.0. The third kappa shape index (κ3) is 4.67. The number of nitrogens with zero attached hydrogens (tertiary/aromatic N) is 3. The lowest BCUT2D eigenvalue weighted by Gasteiger charge is -2.15. The van der Waals surface area contributed by atoms with E-state index in [1.807, 2.05) is 32.2 Å². The maximum atomic E-state index is 6.19. The monoisotopic (exact) mass is 447 g/mol. The van der Waals surface area contributed by atoms with Crippen molar-refractivity contribution in [2.24, 2.45) is 0 Å². The number of hydrogen-bond acceptors (Lipinski definition) is 8. The van der Waals surface area contributed by atoms with Crippen molar-refractivity contribution in [3.05, 3.63) is 60.2 Å². The van der Waals surface area contributed by atoms with Crippen LogP contribution < -0.4 is 24.3 Å². The molecular formula is C24H25N5O4. The van der Waals surface area contributed by atoms with Crippen LogP contribution in [0.1, 0.15) is 11.4 Å². The second-order valence-electron chi connectivity index (χ2n) is 7.20. The predicted molar refractivity (Wildman–Crippen MR) is 125 cm³/mol. The van der Waals surface area contributed by atoms with Crippen molar-refractivity contribution in [2.45, 2.75) is 13.8 Å². The Bertz CT molecular complexity index is 1250. The molecule has 170 valence electrons. The summed E-state index contributed by atoms with van der Waals surface area (Å²) >= 11 is 0. The van der Waals surface area contributed by atoms with Gasteiger partial charge in [0.15, 0.2) is 17.2 Å². The SMILES string of the molecule is COc1cc(Nc2cc(Oc3ccc(C)nc3-c3c[nH]nc3C)ccn2)cc(OC)c1OC. The number of aromatic nitrogens is 4. The van der Waals surface area contributed by atoms with Crippen LogP contribution in [0.4, 0.5) is 11.5 Å². The quantitative estimate of drug-likeness (QED) is 0.387. The molecule has 1 aromatic carbocycles. The van der Waals surface area contributed by atoms with Crippen LogP contribution >= 0.6 is 0 Å². The van der Waals surface area contributed by atoms with Crippen molar-refractivity contribution in [3.63, 3.8) is 0 Å². The van der Waals surface area contributed by atoms with E-state index in [0.29, 0.717) is 34.6 Å². The average Bonchev–Trinajstić information content (AvgIpc) is 3.25. The zero-order chi connectivity index (χ0) is 23.4. The average molecular weight is 447 g/mol. The Hall–Kier alpha value is -4.27. The van der Waals surface area contributed by atoms with Crippen LogP contribution in [0.5, 0.6) is 28.7 Å². The van der Waals surface area contributed by atoms with Gasteiger partial charge in [-0.3, -0.25) is 5.10 Å². The molecule has 33 heavy (non-hydrogen) atoms. The van der Waals surface area contributed by atoms with Crippen molar-refractivity contribution in [2.75, 3.05) is 26.6 Å². The molecule has 0 atom stereocenters. The summed E-state index contributed by atoms with van der Waals surface area (Å²) in [5.41, 5.74) is 4.06. The Kier molecular flexibility index (Phi) is 6.30. The summed E-state index contributed by atoms with van der Waals surface area (Å²) in [6.45, 7) is 3.86. The Morgan fingerprint density at radius 1 is 0.879 bits per heavy atom. The number of aryl methyl sites for hydroxylation is 2. The number of benzene rings is 1. The first-order chi connectivity index (χ1) is 16.0. The van der Waals surface area contributed by atoms with Gasteiger partial charge >= 0.3 is 0 Å². The van der Waals surface area contributed by atoms with Crippen molar-refractivity contribution in [1.82, 2.24) is 20.2 Å². The molecule has 0 radical (unpaired) electrons. The summed E-state index contributed by atoms with van der Waals surface area (Å²) < 4.78 is 22.4. The van der Waals surface area contributed by atoms with E-state index < -0.39 is 0 Å². The van der Waals surface area contributed by atoms with Gasteiger partial charge in [0.05, 0.1) is 27.0 Å². The highest BCUT2D eigenvalue weighted by Gasteiger charge is 2.16. The molecule has 4 rings (SSSR count). The minimum atomic E-state index is 0.518. The van der Waals surface area contributed by atoms with E-state index in [2.05, 4.69) is 25.5 Å². The molecular weight excluding hydrogens is 422 g/mol. The molecule has 4 aromatic rings. The second-order valence-corrected chi connectivity index (χ2v) is 7.20. The molecule has 0 aliphatic heterocycles. The number of H-pyrrole nitrogens is 1. The predicted octanol–water partition coefficient (Wildman–Crippen LogP) is 5.05. The zero-order valence-electron chi connectivity index (χ0n) is 19.1. The smallest absolute Gasteiger partial charge is 0.203 e. The number of aromatic amines is 1. The minimum Gasteiger partial charge on any atom is -0.493 e. The van der Waals surface area contributed by atoms with Crippen LogP contribution in [0.25, 0.3) is 11.3 Å². The van der Waals surface area contributed by atoms with Gasteiger partial charge < -0.3 is 24.3 Å². The number of nitrogens with one attached hydrogen (secondary N) is 2. The molecule has 0 bridgehead atoms. The number of hydrogen-bond donors (Lipinski definition) is 2. The maximum absolute atomic E-state index is 6.19. The van der Waals surface area contributed by atoms with Gasteiger partial charge in [-0.15, -0.1) is 0 Å². The van der Waals surface area contributed by atoms with Gasteiger partial charge in [0, 0.05) is 47.5 Å². The maximum Gasteiger partial charge on any atom is 0.203 e. The van der Waals surface area contributed by atoms with E-state index in [9.17, 15) is 0 Å². The zero-order valence-corrected chi connectivity index (χ0v) is 19.1. The van der Waals surface area contributed by atoms with Crippen LogP contribution in [0, 0.1) is 13.8 Å². The van der Waals surface area contributed by atoms with E-state index in [4.69, 9.17) is 18.9 Å². The molecule has 0 amide bonds. The fraction of sp³-hybridized carbons (Fsp3) is 0.208. The van der Waals surface area contributed by atoms with Crippen LogP contribution in [-0.2, 0) is 0 Å². The standard InChI is InChI=1S/C24H25N5O4/c1-14-6-7-19(23(27-14)18-13-26-29-15(18)2)33-17-8-9-25-22(12-17)28-16-10-20(30-3)24(32-5)21(11-16)31-4/h6-13H,1-5H3,(H,25,28)(H,26,29). The van der Waals surface area contributed by atoms with Gasteiger partial charge in [-0.2, -0.15) is 5.10 Å². The summed E-state index contributed by atoms with van der Waals surface area (Å²) in [5.74, 6) is 3.41. The molecule has 0 spiro atoms. The molecule has 3 heterocycles. The second kappa shape index (κ2) is 9.47. The van der Waals surface area contributed by atoms with E-state index in [-0.39, 0.29) is 0 Å². The van der Waals surface area contributed by atoms with Crippen LogP contribution in [0.3, 0.4) is 0 Å². The highest BCUT2D eigenvalue weighted by atomic mass is 16.5. The largest absolute Gasteiger partial charge is 0.493 e. The molecule has 0 saturated heterocycles. The van der Waals surface area contributed by atoms with Crippen molar-refractivity contribution >= 4 is 11.5 Å². The lowest BCUT2D eigenvalue weighted by molar-refractivity contribution is 0.324. The highest BCUT2D eigenvalue weighted by molar-refractivity contribution is 5.69. The van der Waals surface area contributed by atoms with E-state index in [1.165, 1.54) is 0 Å². The van der Waals surface area contributed by atoms with Gasteiger partial charge in [-0.1, -0.05) is 0 Å². The normalized spacial score (nSPS) is 10.6. The molecule has 0 aliphatic rings. The summed E-state index contributed by atoms with van der Waals surface area (Å²) in [7, 11) is 4.71. The molecule has 2 N–H and O–H groups in total.